The Hall–Kier alpha value is -3.17. The van der Waals surface area contributed by atoms with Gasteiger partial charge in [0.15, 0.2) is 0 Å². The molecule has 1 aliphatic heterocycles. The van der Waals surface area contributed by atoms with Crippen LogP contribution in [0, 0.1) is 5.92 Å². The van der Waals surface area contributed by atoms with E-state index in [0.717, 1.165) is 36.8 Å². The Kier molecular flexibility index (Phi) is 13.3. The largest absolute Gasteiger partial charge is 0.354 e. The van der Waals surface area contributed by atoms with Gasteiger partial charge in [0.05, 0.1) is 18.0 Å². The number of carbonyl (C=O) groups is 2. The summed E-state index contributed by atoms with van der Waals surface area (Å²) in [4.78, 5) is 26.8. The highest BCUT2D eigenvalue weighted by molar-refractivity contribution is 7.92. The fourth-order valence-corrected chi connectivity index (χ4v) is 6.25. The third kappa shape index (κ3) is 11.1. The molecule has 2 amide bonds. The molecule has 0 radical (unpaired) electrons. The van der Waals surface area contributed by atoms with Gasteiger partial charge < -0.3 is 16.0 Å². The number of hydrogen-bond donors (Lipinski definition) is 3. The number of hydrogen-bond acceptors (Lipinski definition) is 5. The molecule has 0 aromatic heterocycles. The Morgan fingerprint density at radius 2 is 1.86 bits per heavy atom. The van der Waals surface area contributed by atoms with Gasteiger partial charge in [-0.3, -0.25) is 13.9 Å². The molecule has 2 aromatic carbocycles. The Balaban J connectivity index is 1.96. The van der Waals surface area contributed by atoms with E-state index in [1.807, 2.05) is 19.1 Å². The van der Waals surface area contributed by atoms with Gasteiger partial charge in [0, 0.05) is 31.2 Å². The first kappa shape index (κ1) is 34.3. The fourth-order valence-electron chi connectivity index (χ4n) is 5.25. The third-order valence-corrected chi connectivity index (χ3v) is 8.69. The van der Waals surface area contributed by atoms with E-state index in [-0.39, 0.29) is 23.9 Å². The second-order valence-corrected chi connectivity index (χ2v) is 13.9. The van der Waals surface area contributed by atoms with Gasteiger partial charge in [-0.05, 0) is 72.9 Å². The van der Waals surface area contributed by atoms with Crippen LogP contribution < -0.4 is 20.3 Å². The van der Waals surface area contributed by atoms with E-state index >= 15 is 0 Å². The average molecular weight is 611 g/mol. The number of carbonyl (C=O) groups excluding carboxylic acids is 2. The number of fused-ring (bicyclic) bond motifs is 4. The molecule has 0 saturated heterocycles. The normalized spacial score (nSPS) is 17.1. The standard InChI is InChI=1S/C34H50N4O4S/c1-6-8-16-32(34(40)36-23-25(3)4)35-24-30-20-27-15-11-14-26(18-27)12-9-10-13-28-19-29(33(39)37-30)22-31(21-28)38(17-7-2)43(5,41)42/h10-11,13-15,18-19,21-22,25,30,32,35H,6-9,12,16-17,20,23-24H2,1-5H3,(H,36,40)(H,37,39)/b13-10+/t30-,32-/m0/s1. The van der Waals surface area contributed by atoms with Crippen molar-refractivity contribution in [2.75, 3.05) is 30.2 Å². The lowest BCUT2D eigenvalue weighted by Gasteiger charge is -2.25. The van der Waals surface area contributed by atoms with Gasteiger partial charge in [-0.15, -0.1) is 0 Å². The molecule has 43 heavy (non-hydrogen) atoms. The molecule has 1 heterocycles. The van der Waals surface area contributed by atoms with Gasteiger partial charge in [0.25, 0.3) is 5.91 Å². The molecule has 2 aromatic rings. The first-order valence-corrected chi connectivity index (χ1v) is 17.5. The van der Waals surface area contributed by atoms with Crippen molar-refractivity contribution in [1.29, 1.82) is 0 Å². The SMILES string of the molecule is CCCC[C@H](NC[C@@H]1Cc2cccc(c2)CC/C=C/c2cc(cc(N(CCC)S(C)(=O)=O)c2)C(=O)N1)C(=O)NCC(C)C. The summed E-state index contributed by atoms with van der Waals surface area (Å²) in [5.74, 6) is 0.0569. The number of amides is 2. The monoisotopic (exact) mass is 610 g/mol. The van der Waals surface area contributed by atoms with E-state index in [1.54, 1.807) is 12.1 Å². The van der Waals surface area contributed by atoms with Gasteiger partial charge in [0.2, 0.25) is 15.9 Å². The van der Waals surface area contributed by atoms with Crippen LogP contribution in [0.4, 0.5) is 5.69 Å². The predicted octanol–water partition coefficient (Wildman–Crippen LogP) is 5.08. The summed E-state index contributed by atoms with van der Waals surface area (Å²) in [5, 5.41) is 9.71. The van der Waals surface area contributed by atoms with Crippen LogP contribution in [-0.4, -0.2) is 58.2 Å². The van der Waals surface area contributed by atoms with Crippen molar-refractivity contribution in [3.63, 3.8) is 0 Å². The second kappa shape index (κ2) is 16.6. The van der Waals surface area contributed by atoms with Crippen LogP contribution in [0.3, 0.4) is 0 Å². The van der Waals surface area contributed by atoms with Crippen LogP contribution in [0.15, 0.2) is 48.5 Å². The number of aryl methyl sites for hydroxylation is 1. The second-order valence-electron chi connectivity index (χ2n) is 12.0. The summed E-state index contributed by atoms with van der Waals surface area (Å²) < 4.78 is 26.7. The number of anilines is 1. The van der Waals surface area contributed by atoms with Crippen LogP contribution in [0.1, 0.15) is 86.8 Å². The molecule has 9 heteroatoms. The minimum absolute atomic E-state index is 0.0164. The Morgan fingerprint density at radius 1 is 1.09 bits per heavy atom. The zero-order chi connectivity index (χ0) is 31.4. The molecule has 0 saturated carbocycles. The lowest BCUT2D eigenvalue weighted by molar-refractivity contribution is -0.123. The maximum absolute atomic E-state index is 13.8. The molecule has 236 valence electrons. The number of allylic oxidation sites excluding steroid dienone is 1. The summed E-state index contributed by atoms with van der Waals surface area (Å²) in [5.41, 5.74) is 3.97. The van der Waals surface area contributed by atoms with E-state index in [1.165, 1.54) is 16.1 Å². The average Bonchev–Trinajstić information content (AvgIpc) is 2.95. The van der Waals surface area contributed by atoms with Gasteiger partial charge >= 0.3 is 0 Å². The molecule has 4 bridgehead atoms. The molecule has 3 rings (SSSR count). The highest BCUT2D eigenvalue weighted by atomic mass is 32.2. The smallest absolute Gasteiger partial charge is 0.251 e. The van der Waals surface area contributed by atoms with Crippen molar-refractivity contribution >= 4 is 33.6 Å². The maximum atomic E-state index is 13.8. The minimum Gasteiger partial charge on any atom is -0.354 e. The predicted molar refractivity (Wildman–Crippen MR) is 177 cm³/mol. The summed E-state index contributed by atoms with van der Waals surface area (Å²) in [6.45, 7) is 9.53. The molecule has 0 spiro atoms. The van der Waals surface area contributed by atoms with Crippen molar-refractivity contribution in [1.82, 2.24) is 16.0 Å². The topological polar surface area (TPSA) is 108 Å². The number of sulfonamides is 1. The molecular formula is C34H50N4O4S. The number of benzene rings is 2. The maximum Gasteiger partial charge on any atom is 0.251 e. The molecular weight excluding hydrogens is 560 g/mol. The molecule has 8 nitrogen and oxygen atoms in total. The lowest BCUT2D eigenvalue weighted by atomic mass is 9.99. The van der Waals surface area contributed by atoms with E-state index in [4.69, 9.17) is 0 Å². The van der Waals surface area contributed by atoms with Crippen molar-refractivity contribution in [2.24, 2.45) is 5.92 Å². The summed E-state index contributed by atoms with van der Waals surface area (Å²) in [6.07, 6.45) is 10.8. The molecule has 0 fully saturated rings. The van der Waals surface area contributed by atoms with E-state index < -0.39 is 10.0 Å². The molecule has 0 aliphatic carbocycles. The number of nitrogens with one attached hydrogen (secondary N) is 3. The Labute approximate surface area is 258 Å². The minimum atomic E-state index is -3.53. The van der Waals surface area contributed by atoms with Crippen LogP contribution in [0.25, 0.3) is 6.08 Å². The van der Waals surface area contributed by atoms with E-state index in [2.05, 4.69) is 67.1 Å². The lowest BCUT2D eigenvalue weighted by Crippen LogP contribution is -2.51. The summed E-state index contributed by atoms with van der Waals surface area (Å²) in [7, 11) is -3.53. The Bertz CT molecular complexity index is 1360. The highest BCUT2D eigenvalue weighted by Crippen LogP contribution is 2.24. The zero-order valence-corrected chi connectivity index (χ0v) is 27.3. The first-order valence-electron chi connectivity index (χ1n) is 15.7. The van der Waals surface area contributed by atoms with Crippen LogP contribution in [0.5, 0.6) is 0 Å². The number of rotatable bonds is 13. The summed E-state index contributed by atoms with van der Waals surface area (Å²) in [6, 6.07) is 13.1. The van der Waals surface area contributed by atoms with Gasteiger partial charge in [0.1, 0.15) is 0 Å². The number of nitrogens with zero attached hydrogens (tertiary/aromatic N) is 1. The highest BCUT2D eigenvalue weighted by Gasteiger charge is 2.23. The first-order chi connectivity index (χ1) is 20.5. The van der Waals surface area contributed by atoms with Crippen LogP contribution in [-0.2, 0) is 27.7 Å². The Morgan fingerprint density at radius 3 is 2.56 bits per heavy atom. The quantitative estimate of drug-likeness (QED) is 0.293. The molecule has 3 N–H and O–H groups in total. The van der Waals surface area contributed by atoms with Crippen LogP contribution in [0.2, 0.25) is 0 Å². The van der Waals surface area contributed by atoms with Crippen molar-refractivity contribution in [3.05, 3.63) is 70.8 Å². The van der Waals surface area contributed by atoms with E-state index in [9.17, 15) is 18.0 Å². The molecule has 2 atom stereocenters. The number of unbranched alkanes of at least 4 members (excludes halogenated alkanes) is 1. The fraction of sp³-hybridized carbons (Fsp3) is 0.529. The van der Waals surface area contributed by atoms with Crippen molar-refractivity contribution in [2.45, 2.75) is 84.7 Å². The third-order valence-electron chi connectivity index (χ3n) is 7.49. The summed E-state index contributed by atoms with van der Waals surface area (Å²) >= 11 is 0. The van der Waals surface area contributed by atoms with E-state index in [0.29, 0.717) is 56.1 Å². The van der Waals surface area contributed by atoms with Gasteiger partial charge in [-0.25, -0.2) is 8.42 Å². The van der Waals surface area contributed by atoms with Gasteiger partial charge in [-0.2, -0.15) is 0 Å². The molecule has 0 unspecified atom stereocenters. The van der Waals surface area contributed by atoms with Crippen molar-refractivity contribution < 1.29 is 18.0 Å². The zero-order valence-electron chi connectivity index (χ0n) is 26.5. The van der Waals surface area contributed by atoms with Gasteiger partial charge in [-0.1, -0.05) is 77.0 Å². The van der Waals surface area contributed by atoms with Crippen LogP contribution >= 0.6 is 0 Å². The van der Waals surface area contributed by atoms with Crippen molar-refractivity contribution in [3.8, 4) is 0 Å². The molecule has 1 aliphatic rings.